The van der Waals surface area contributed by atoms with Crippen molar-refractivity contribution in [1.82, 2.24) is 5.32 Å². The highest BCUT2D eigenvalue weighted by molar-refractivity contribution is 6.19. The molecule has 3 atom stereocenters. The number of anilines is 1. The van der Waals surface area contributed by atoms with Crippen molar-refractivity contribution in [2.24, 2.45) is 17.3 Å². The van der Waals surface area contributed by atoms with Crippen LogP contribution in [0.25, 0.3) is 0 Å². The summed E-state index contributed by atoms with van der Waals surface area (Å²) in [5.74, 6) is -1.88. The molecular weight excluding hydrogens is 320 g/mol. The molecular formula is C19H22N2O4. The normalized spacial score (nSPS) is 36.6. The zero-order chi connectivity index (χ0) is 17.8. The molecule has 1 aliphatic heterocycles. The summed E-state index contributed by atoms with van der Waals surface area (Å²) in [6, 6.07) is 6.95. The number of hydrogen-bond acceptors (Lipinski definition) is 4. The number of rotatable bonds is 2. The summed E-state index contributed by atoms with van der Waals surface area (Å²) >= 11 is 0. The first kappa shape index (κ1) is 16.3. The number of Topliss-reactive ketones (excluding diaryl/α,β-unsaturated/α-hetero) is 1. The fourth-order valence-corrected chi connectivity index (χ4v) is 4.44. The highest BCUT2D eigenvalue weighted by Gasteiger charge is 2.73. The fourth-order valence-electron chi connectivity index (χ4n) is 4.44. The SMILES string of the molecule is C[C@]12C(=O)c3ccccc3NC(=O)C1[C@H]2C(=O)NC1CCC(O)CC1. The molecule has 2 saturated carbocycles. The number of para-hydroxylation sites is 1. The molecule has 6 nitrogen and oxygen atoms in total. The summed E-state index contributed by atoms with van der Waals surface area (Å²) in [6.45, 7) is 1.72. The number of aliphatic hydroxyl groups excluding tert-OH is 1. The Balaban J connectivity index is 1.55. The summed E-state index contributed by atoms with van der Waals surface area (Å²) in [7, 11) is 0. The van der Waals surface area contributed by atoms with E-state index in [4.69, 9.17) is 0 Å². The van der Waals surface area contributed by atoms with Crippen molar-refractivity contribution in [2.75, 3.05) is 5.32 Å². The minimum Gasteiger partial charge on any atom is -0.393 e. The van der Waals surface area contributed by atoms with E-state index in [-0.39, 0.29) is 29.7 Å². The smallest absolute Gasteiger partial charge is 0.229 e. The van der Waals surface area contributed by atoms with Crippen LogP contribution in [0.4, 0.5) is 5.69 Å². The van der Waals surface area contributed by atoms with Crippen molar-refractivity contribution < 1.29 is 19.5 Å². The van der Waals surface area contributed by atoms with Gasteiger partial charge in [0, 0.05) is 11.6 Å². The Morgan fingerprint density at radius 2 is 1.88 bits per heavy atom. The molecule has 2 fully saturated rings. The number of ketones is 1. The van der Waals surface area contributed by atoms with E-state index in [1.54, 1.807) is 31.2 Å². The van der Waals surface area contributed by atoms with Crippen molar-refractivity contribution in [2.45, 2.75) is 44.8 Å². The molecule has 3 aliphatic rings. The molecule has 1 unspecified atom stereocenters. The first-order valence-electron chi connectivity index (χ1n) is 8.86. The number of amides is 2. The molecule has 6 heteroatoms. The Kier molecular flexibility index (Phi) is 3.68. The molecule has 1 heterocycles. The van der Waals surface area contributed by atoms with Crippen LogP contribution in [0, 0.1) is 17.3 Å². The fraction of sp³-hybridized carbons (Fsp3) is 0.526. The second-order valence-electron chi connectivity index (χ2n) is 7.62. The molecule has 4 rings (SSSR count). The van der Waals surface area contributed by atoms with E-state index >= 15 is 0 Å². The quantitative estimate of drug-likeness (QED) is 0.759. The van der Waals surface area contributed by atoms with Crippen molar-refractivity contribution >= 4 is 23.3 Å². The Labute approximate surface area is 146 Å². The second kappa shape index (κ2) is 5.66. The maximum atomic E-state index is 13.0. The molecule has 2 aliphatic carbocycles. The van der Waals surface area contributed by atoms with Crippen LogP contribution in [-0.2, 0) is 9.59 Å². The second-order valence-corrected chi connectivity index (χ2v) is 7.62. The van der Waals surface area contributed by atoms with Crippen molar-refractivity contribution in [3.8, 4) is 0 Å². The van der Waals surface area contributed by atoms with E-state index in [0.29, 0.717) is 24.1 Å². The van der Waals surface area contributed by atoms with E-state index in [9.17, 15) is 19.5 Å². The highest BCUT2D eigenvalue weighted by atomic mass is 16.3. The van der Waals surface area contributed by atoms with Gasteiger partial charge in [-0.15, -0.1) is 0 Å². The maximum Gasteiger partial charge on any atom is 0.229 e. The molecule has 1 aromatic carbocycles. The van der Waals surface area contributed by atoms with Gasteiger partial charge in [-0.2, -0.15) is 0 Å². The third kappa shape index (κ3) is 2.47. The highest BCUT2D eigenvalue weighted by Crippen LogP contribution is 2.62. The number of aliphatic hydroxyl groups is 1. The van der Waals surface area contributed by atoms with Gasteiger partial charge in [-0.25, -0.2) is 0 Å². The molecule has 0 bridgehead atoms. The van der Waals surface area contributed by atoms with Gasteiger partial charge in [-0.1, -0.05) is 19.1 Å². The lowest BCUT2D eigenvalue weighted by molar-refractivity contribution is -0.126. The Morgan fingerprint density at radius 3 is 2.60 bits per heavy atom. The zero-order valence-corrected chi connectivity index (χ0v) is 14.1. The van der Waals surface area contributed by atoms with Gasteiger partial charge in [-0.05, 0) is 37.8 Å². The van der Waals surface area contributed by atoms with Crippen LogP contribution in [0.3, 0.4) is 0 Å². The number of carbonyl (C=O) groups excluding carboxylic acids is 3. The van der Waals surface area contributed by atoms with E-state index in [1.165, 1.54) is 0 Å². The summed E-state index contributed by atoms with van der Waals surface area (Å²) in [5, 5.41) is 15.4. The van der Waals surface area contributed by atoms with E-state index in [1.807, 2.05) is 0 Å². The van der Waals surface area contributed by atoms with Crippen LogP contribution in [0.2, 0.25) is 0 Å². The van der Waals surface area contributed by atoms with Gasteiger partial charge >= 0.3 is 0 Å². The lowest BCUT2D eigenvalue weighted by Crippen LogP contribution is -2.40. The van der Waals surface area contributed by atoms with Gasteiger partial charge in [0.25, 0.3) is 0 Å². The van der Waals surface area contributed by atoms with Crippen LogP contribution in [0.5, 0.6) is 0 Å². The van der Waals surface area contributed by atoms with Crippen LogP contribution in [-0.4, -0.2) is 34.8 Å². The lowest BCUT2D eigenvalue weighted by atomic mass is 9.91. The molecule has 132 valence electrons. The summed E-state index contributed by atoms with van der Waals surface area (Å²) in [4.78, 5) is 38.3. The minimum absolute atomic E-state index is 0.00906. The average molecular weight is 342 g/mol. The number of nitrogens with one attached hydrogen (secondary N) is 2. The number of carbonyl (C=O) groups is 3. The molecule has 1 aromatic rings. The standard InChI is InChI=1S/C19H22N2O4/c1-19-14(17(24)20-10-6-8-11(22)9-7-10)15(19)18(25)21-13-5-3-2-4-12(13)16(19)23/h2-5,10-11,14-15,22H,6-9H2,1H3,(H,20,24)(H,21,25)/t10?,11?,14-,15?,19+/m0/s1. The predicted molar refractivity (Wildman–Crippen MR) is 90.9 cm³/mol. The Hall–Kier alpha value is -2.21. The van der Waals surface area contributed by atoms with Gasteiger partial charge in [-0.3, -0.25) is 14.4 Å². The zero-order valence-electron chi connectivity index (χ0n) is 14.1. The van der Waals surface area contributed by atoms with Crippen LogP contribution < -0.4 is 10.6 Å². The number of hydrogen-bond donors (Lipinski definition) is 3. The van der Waals surface area contributed by atoms with Gasteiger partial charge in [0.2, 0.25) is 11.8 Å². The molecule has 3 N–H and O–H groups in total. The summed E-state index contributed by atoms with van der Waals surface area (Å²) in [6.07, 6.45) is 2.50. The van der Waals surface area contributed by atoms with Gasteiger partial charge in [0.1, 0.15) is 0 Å². The van der Waals surface area contributed by atoms with Crippen LogP contribution in [0.1, 0.15) is 43.0 Å². The molecule has 0 saturated heterocycles. The molecule has 0 radical (unpaired) electrons. The predicted octanol–water partition coefficient (Wildman–Crippen LogP) is 1.49. The molecule has 2 amide bonds. The van der Waals surface area contributed by atoms with Gasteiger partial charge < -0.3 is 15.7 Å². The lowest BCUT2D eigenvalue weighted by Gasteiger charge is -2.26. The van der Waals surface area contributed by atoms with Crippen LogP contribution >= 0.6 is 0 Å². The summed E-state index contributed by atoms with van der Waals surface area (Å²) < 4.78 is 0. The maximum absolute atomic E-state index is 13.0. The Morgan fingerprint density at radius 1 is 1.20 bits per heavy atom. The van der Waals surface area contributed by atoms with E-state index in [2.05, 4.69) is 10.6 Å². The van der Waals surface area contributed by atoms with Crippen LogP contribution in [0.15, 0.2) is 24.3 Å². The van der Waals surface area contributed by atoms with Crippen molar-refractivity contribution in [3.05, 3.63) is 29.8 Å². The minimum atomic E-state index is -0.977. The molecule has 25 heavy (non-hydrogen) atoms. The molecule has 0 aromatic heterocycles. The third-order valence-corrected chi connectivity index (χ3v) is 6.04. The van der Waals surface area contributed by atoms with E-state index in [0.717, 1.165) is 12.8 Å². The summed E-state index contributed by atoms with van der Waals surface area (Å²) in [5.41, 5.74) is 0.0119. The average Bonchev–Trinajstić information content (AvgIpc) is 3.25. The number of benzene rings is 1. The van der Waals surface area contributed by atoms with E-state index < -0.39 is 17.3 Å². The molecule has 0 spiro atoms. The first-order chi connectivity index (χ1) is 11.9. The third-order valence-electron chi connectivity index (χ3n) is 6.04. The monoisotopic (exact) mass is 342 g/mol. The number of fused-ring (bicyclic) bond motifs is 2. The van der Waals surface area contributed by atoms with Gasteiger partial charge in [0.15, 0.2) is 5.78 Å². The Bertz CT molecular complexity index is 754. The first-order valence-corrected chi connectivity index (χ1v) is 8.86. The topological polar surface area (TPSA) is 95.5 Å². The van der Waals surface area contributed by atoms with Gasteiger partial charge in [0.05, 0.1) is 29.0 Å². The largest absolute Gasteiger partial charge is 0.393 e. The van der Waals surface area contributed by atoms with Crippen molar-refractivity contribution in [3.63, 3.8) is 0 Å². The van der Waals surface area contributed by atoms with Crippen molar-refractivity contribution in [1.29, 1.82) is 0 Å².